The monoisotopic (exact) mass is 318 g/mol. The second-order valence-corrected chi connectivity index (χ2v) is 4.46. The third kappa shape index (κ3) is 1.85. The number of ether oxygens (including phenoxy) is 1. The zero-order valence-corrected chi connectivity index (χ0v) is 10.1. The lowest BCUT2D eigenvalue weighted by molar-refractivity contribution is -0.440. The van der Waals surface area contributed by atoms with Crippen LogP contribution in [0.5, 0.6) is 5.75 Å². The quantitative estimate of drug-likeness (QED) is 0.627. The van der Waals surface area contributed by atoms with E-state index < -0.39 is 34.9 Å². The summed E-state index contributed by atoms with van der Waals surface area (Å²) in [7, 11) is 0. The molecule has 1 aromatic rings. The number of hydrogen-bond acceptors (Lipinski definition) is 2. The first kappa shape index (κ1) is 15.0. The van der Waals surface area contributed by atoms with Crippen LogP contribution in [0, 0.1) is 0 Å². The van der Waals surface area contributed by atoms with Crippen molar-refractivity contribution in [3.63, 3.8) is 0 Å². The van der Waals surface area contributed by atoms with Gasteiger partial charge in [0.1, 0.15) is 5.75 Å². The van der Waals surface area contributed by atoms with Gasteiger partial charge >= 0.3 is 17.8 Å². The number of carbonyl (C=O) groups excluding carboxylic acids is 1. The van der Waals surface area contributed by atoms with Crippen molar-refractivity contribution in [2.75, 3.05) is 0 Å². The molecule has 20 heavy (non-hydrogen) atoms. The van der Waals surface area contributed by atoms with Crippen LogP contribution in [0.1, 0.15) is 10.4 Å². The van der Waals surface area contributed by atoms with E-state index in [1.165, 1.54) is 0 Å². The second kappa shape index (κ2) is 4.28. The van der Waals surface area contributed by atoms with Crippen molar-refractivity contribution in [2.45, 2.75) is 23.9 Å². The molecule has 0 N–H and O–H groups in total. The highest BCUT2D eigenvalue weighted by Gasteiger charge is 2.92. The Kier molecular flexibility index (Phi) is 3.20. The van der Waals surface area contributed by atoms with Crippen LogP contribution in [0.15, 0.2) is 24.3 Å². The normalized spacial score (nSPS) is 22.9. The molecular formula is C11H5ClF6O2. The second-order valence-electron chi connectivity index (χ2n) is 4.12. The summed E-state index contributed by atoms with van der Waals surface area (Å²) in [5.41, 5.74) is -0.0310. The first-order valence-corrected chi connectivity index (χ1v) is 5.49. The van der Waals surface area contributed by atoms with Crippen molar-refractivity contribution in [2.24, 2.45) is 0 Å². The van der Waals surface area contributed by atoms with Gasteiger partial charge in [0.25, 0.3) is 5.24 Å². The minimum Gasteiger partial charge on any atom is -0.477 e. The van der Waals surface area contributed by atoms with E-state index in [9.17, 15) is 31.1 Å². The SMILES string of the molecule is O=C(Cl)c1ccc(OC2C(F)(F)C(F)(F)C2(F)F)cc1. The maximum atomic E-state index is 12.9. The van der Waals surface area contributed by atoms with E-state index in [0.29, 0.717) is 0 Å². The molecule has 0 aromatic heterocycles. The van der Waals surface area contributed by atoms with Crippen molar-refractivity contribution >= 4 is 16.8 Å². The van der Waals surface area contributed by atoms with Crippen LogP contribution in [0.3, 0.4) is 0 Å². The fraction of sp³-hybridized carbons (Fsp3) is 0.364. The number of alkyl halides is 6. The van der Waals surface area contributed by atoms with Crippen LogP contribution in [0.2, 0.25) is 0 Å². The molecule has 110 valence electrons. The summed E-state index contributed by atoms with van der Waals surface area (Å²) < 4.78 is 81.1. The van der Waals surface area contributed by atoms with Gasteiger partial charge in [-0.1, -0.05) is 0 Å². The molecule has 1 fully saturated rings. The number of rotatable bonds is 3. The molecule has 0 saturated heterocycles. The van der Waals surface area contributed by atoms with Gasteiger partial charge in [-0.2, -0.15) is 26.3 Å². The molecule has 0 spiro atoms. The van der Waals surface area contributed by atoms with Crippen molar-refractivity contribution in [1.29, 1.82) is 0 Å². The van der Waals surface area contributed by atoms with Gasteiger partial charge in [0.15, 0.2) is 0 Å². The van der Waals surface area contributed by atoms with Crippen molar-refractivity contribution < 1.29 is 35.9 Å². The Balaban J connectivity index is 2.20. The Hall–Kier alpha value is -1.44. The molecule has 0 atom stereocenters. The molecule has 0 radical (unpaired) electrons. The first-order chi connectivity index (χ1) is 9.01. The number of hydrogen-bond donors (Lipinski definition) is 0. The molecule has 2 rings (SSSR count). The molecule has 0 heterocycles. The Morgan fingerprint density at radius 2 is 1.45 bits per heavy atom. The van der Waals surface area contributed by atoms with E-state index in [-0.39, 0.29) is 5.56 Å². The molecule has 0 amide bonds. The summed E-state index contributed by atoms with van der Waals surface area (Å²) >= 11 is 5.11. The van der Waals surface area contributed by atoms with Crippen LogP contribution in [-0.4, -0.2) is 29.1 Å². The first-order valence-electron chi connectivity index (χ1n) is 5.12. The van der Waals surface area contributed by atoms with Gasteiger partial charge in [-0.3, -0.25) is 4.79 Å². The topological polar surface area (TPSA) is 26.3 Å². The smallest absolute Gasteiger partial charge is 0.380 e. The molecule has 1 aliphatic rings. The Morgan fingerprint density at radius 1 is 1.00 bits per heavy atom. The van der Waals surface area contributed by atoms with Gasteiger partial charge in [0, 0.05) is 5.56 Å². The van der Waals surface area contributed by atoms with Gasteiger partial charge in [-0.05, 0) is 35.9 Å². The summed E-state index contributed by atoms with van der Waals surface area (Å²) in [6.45, 7) is 0. The van der Waals surface area contributed by atoms with Crippen molar-refractivity contribution in [3.05, 3.63) is 29.8 Å². The summed E-state index contributed by atoms with van der Waals surface area (Å²) in [6, 6.07) is 3.85. The minimum atomic E-state index is -5.46. The zero-order chi connectivity index (χ0) is 15.3. The molecular weight excluding hydrogens is 314 g/mol. The van der Waals surface area contributed by atoms with Crippen LogP contribution in [0.25, 0.3) is 0 Å². The number of carbonyl (C=O) groups is 1. The maximum absolute atomic E-state index is 12.9. The van der Waals surface area contributed by atoms with Gasteiger partial charge in [0.2, 0.25) is 6.10 Å². The molecule has 9 heteroatoms. The molecule has 0 unspecified atom stereocenters. The predicted octanol–water partition coefficient (Wildman–Crippen LogP) is 3.73. The van der Waals surface area contributed by atoms with E-state index in [0.717, 1.165) is 24.3 Å². The largest absolute Gasteiger partial charge is 0.477 e. The zero-order valence-electron chi connectivity index (χ0n) is 9.35. The summed E-state index contributed by atoms with van der Waals surface area (Å²) in [5.74, 6) is -15.9. The minimum absolute atomic E-state index is 0.0310. The standard InChI is InChI=1S/C11H5ClF6O2/c12-7(19)5-1-3-6(4-2-5)20-8-9(13,14)11(17,18)10(8,15)16/h1-4,8H. The summed E-state index contributed by atoms with van der Waals surface area (Å²) in [4.78, 5) is 10.7. The molecule has 0 bridgehead atoms. The average molecular weight is 319 g/mol. The molecule has 1 aromatic carbocycles. The lowest BCUT2D eigenvalue weighted by Gasteiger charge is -2.49. The summed E-state index contributed by atoms with van der Waals surface area (Å²) in [5, 5.41) is -0.859. The highest BCUT2D eigenvalue weighted by molar-refractivity contribution is 6.67. The lowest BCUT2D eigenvalue weighted by atomic mass is 9.80. The van der Waals surface area contributed by atoms with E-state index in [1.807, 2.05) is 0 Å². The van der Waals surface area contributed by atoms with E-state index in [1.54, 1.807) is 0 Å². The molecule has 1 saturated carbocycles. The van der Waals surface area contributed by atoms with Crippen LogP contribution < -0.4 is 4.74 Å². The Morgan fingerprint density at radius 3 is 1.85 bits per heavy atom. The highest BCUT2D eigenvalue weighted by atomic mass is 35.5. The maximum Gasteiger partial charge on any atom is 0.380 e. The van der Waals surface area contributed by atoms with E-state index in [2.05, 4.69) is 4.74 Å². The Labute approximate surface area is 113 Å². The number of halogens is 7. The fourth-order valence-corrected chi connectivity index (χ4v) is 1.78. The average Bonchev–Trinajstić information content (AvgIpc) is 2.35. The summed E-state index contributed by atoms with van der Waals surface area (Å²) in [6.07, 6.45) is -3.28. The highest BCUT2D eigenvalue weighted by Crippen LogP contribution is 2.61. The van der Waals surface area contributed by atoms with Crippen LogP contribution in [0.4, 0.5) is 26.3 Å². The molecule has 2 nitrogen and oxygen atoms in total. The van der Waals surface area contributed by atoms with E-state index >= 15 is 0 Å². The fourth-order valence-electron chi connectivity index (χ4n) is 1.65. The van der Waals surface area contributed by atoms with Crippen molar-refractivity contribution in [3.8, 4) is 5.75 Å². The van der Waals surface area contributed by atoms with Gasteiger partial charge in [0.05, 0.1) is 0 Å². The molecule has 0 aliphatic heterocycles. The third-order valence-corrected chi connectivity index (χ3v) is 3.05. The van der Waals surface area contributed by atoms with Crippen LogP contribution in [-0.2, 0) is 0 Å². The number of benzene rings is 1. The van der Waals surface area contributed by atoms with Gasteiger partial charge < -0.3 is 4.74 Å². The lowest BCUT2D eigenvalue weighted by Crippen LogP contribution is -2.79. The van der Waals surface area contributed by atoms with Gasteiger partial charge in [-0.15, -0.1) is 0 Å². The Bertz CT molecular complexity index is 524. The van der Waals surface area contributed by atoms with E-state index in [4.69, 9.17) is 11.6 Å². The van der Waals surface area contributed by atoms with Crippen molar-refractivity contribution in [1.82, 2.24) is 0 Å². The van der Waals surface area contributed by atoms with Crippen LogP contribution >= 0.6 is 11.6 Å². The third-order valence-electron chi connectivity index (χ3n) is 2.83. The molecule has 1 aliphatic carbocycles. The predicted molar refractivity (Wildman–Crippen MR) is 55.9 cm³/mol. The van der Waals surface area contributed by atoms with Gasteiger partial charge in [-0.25, -0.2) is 0 Å².